The van der Waals surface area contributed by atoms with Crippen molar-refractivity contribution in [2.45, 2.75) is 25.0 Å². The van der Waals surface area contributed by atoms with Crippen LogP contribution in [-0.4, -0.2) is 45.4 Å². The van der Waals surface area contributed by atoms with E-state index in [4.69, 9.17) is 18.9 Å². The number of methoxy groups -OCH3 is 4. The molecule has 0 unspecified atom stereocenters. The maximum atomic E-state index is 13.9. The average Bonchev–Trinajstić information content (AvgIpc) is 3.00. The Balaban J connectivity index is 1.94. The van der Waals surface area contributed by atoms with E-state index in [1.54, 1.807) is 21.3 Å². The van der Waals surface area contributed by atoms with Crippen LogP contribution in [0.25, 0.3) is 0 Å². The van der Waals surface area contributed by atoms with Crippen LogP contribution < -0.4 is 14.2 Å². The fourth-order valence-electron chi connectivity index (χ4n) is 4.97. The zero-order valence-electron chi connectivity index (χ0n) is 23.2. The van der Waals surface area contributed by atoms with Gasteiger partial charge in [0.1, 0.15) is 23.3 Å². The Morgan fingerprint density at radius 2 is 1.27 bits per heavy atom. The standard InChI is InChI=1S/C33H34BrNO5/c1-37-26-17-15-25(16-18-26)31(27-19-28(34)30(39-3)20-29(27)38-2)32(33(36)40-4)35(21-23-11-7-5-8-12-23)22-24-13-9-6-10-14-24/h5-20,31-32H,21-22H2,1-4H3/t31-,32-/m0/s1. The quantitative estimate of drug-likeness (QED) is 0.165. The molecular formula is C33H34BrNO5. The third kappa shape index (κ3) is 6.84. The highest BCUT2D eigenvalue weighted by atomic mass is 79.9. The van der Waals surface area contributed by atoms with Crippen LogP contribution in [0.1, 0.15) is 28.2 Å². The second-order valence-corrected chi connectivity index (χ2v) is 10.2. The first-order valence-corrected chi connectivity index (χ1v) is 13.7. The fourth-order valence-corrected chi connectivity index (χ4v) is 5.50. The summed E-state index contributed by atoms with van der Waals surface area (Å²) in [4.78, 5) is 16.1. The molecule has 0 saturated heterocycles. The van der Waals surface area contributed by atoms with Crippen LogP contribution in [0.5, 0.6) is 17.2 Å². The van der Waals surface area contributed by atoms with E-state index in [-0.39, 0.29) is 5.97 Å². The van der Waals surface area contributed by atoms with E-state index in [9.17, 15) is 4.79 Å². The van der Waals surface area contributed by atoms with Crippen molar-refractivity contribution in [1.29, 1.82) is 0 Å². The summed E-state index contributed by atoms with van der Waals surface area (Å²) in [6, 6.07) is 31.2. The summed E-state index contributed by atoms with van der Waals surface area (Å²) in [7, 11) is 6.30. The van der Waals surface area contributed by atoms with E-state index in [1.165, 1.54) is 7.11 Å². The minimum Gasteiger partial charge on any atom is -0.497 e. The zero-order valence-corrected chi connectivity index (χ0v) is 24.8. The van der Waals surface area contributed by atoms with Crippen LogP contribution in [0.3, 0.4) is 0 Å². The smallest absolute Gasteiger partial charge is 0.324 e. The molecule has 40 heavy (non-hydrogen) atoms. The topological polar surface area (TPSA) is 57.2 Å². The zero-order chi connectivity index (χ0) is 28.5. The molecule has 4 aromatic rings. The van der Waals surface area contributed by atoms with Gasteiger partial charge in [0.2, 0.25) is 0 Å². The number of carbonyl (C=O) groups is 1. The molecular weight excluding hydrogens is 570 g/mol. The van der Waals surface area contributed by atoms with Crippen molar-refractivity contribution in [3.05, 3.63) is 124 Å². The molecule has 6 nitrogen and oxygen atoms in total. The second kappa shape index (κ2) is 14.0. The van der Waals surface area contributed by atoms with E-state index in [2.05, 4.69) is 45.1 Å². The lowest BCUT2D eigenvalue weighted by Gasteiger charge is -2.36. The van der Waals surface area contributed by atoms with Crippen molar-refractivity contribution < 1.29 is 23.7 Å². The van der Waals surface area contributed by atoms with Gasteiger partial charge in [0.15, 0.2) is 0 Å². The molecule has 0 N–H and O–H groups in total. The van der Waals surface area contributed by atoms with Crippen molar-refractivity contribution in [3.8, 4) is 17.2 Å². The number of carbonyl (C=O) groups excluding carboxylic acids is 1. The Kier molecular flexibility index (Phi) is 10.2. The van der Waals surface area contributed by atoms with Crippen LogP contribution in [0.2, 0.25) is 0 Å². The van der Waals surface area contributed by atoms with Gasteiger partial charge in [-0.15, -0.1) is 0 Å². The first-order valence-electron chi connectivity index (χ1n) is 12.9. The minimum atomic E-state index is -0.701. The molecule has 4 rings (SSSR count). The highest BCUT2D eigenvalue weighted by molar-refractivity contribution is 9.10. The molecule has 2 atom stereocenters. The predicted molar refractivity (Wildman–Crippen MR) is 160 cm³/mol. The summed E-state index contributed by atoms with van der Waals surface area (Å²) < 4.78 is 23.1. The van der Waals surface area contributed by atoms with Crippen molar-refractivity contribution in [2.75, 3.05) is 28.4 Å². The Morgan fingerprint density at radius 1 is 0.725 bits per heavy atom. The molecule has 0 aromatic heterocycles. The first-order chi connectivity index (χ1) is 19.5. The van der Waals surface area contributed by atoms with E-state index < -0.39 is 12.0 Å². The molecule has 0 amide bonds. The summed E-state index contributed by atoms with van der Waals surface area (Å²) in [5, 5.41) is 0. The van der Waals surface area contributed by atoms with Crippen molar-refractivity contribution in [3.63, 3.8) is 0 Å². The fraction of sp³-hybridized carbons (Fsp3) is 0.242. The molecule has 0 aliphatic rings. The van der Waals surface area contributed by atoms with Gasteiger partial charge in [-0.3, -0.25) is 9.69 Å². The average molecular weight is 605 g/mol. The third-order valence-electron chi connectivity index (χ3n) is 6.92. The third-order valence-corrected chi connectivity index (χ3v) is 7.54. The van der Waals surface area contributed by atoms with Gasteiger partial charge in [-0.2, -0.15) is 0 Å². The van der Waals surface area contributed by atoms with Gasteiger partial charge in [-0.25, -0.2) is 0 Å². The lowest BCUT2D eigenvalue weighted by atomic mass is 9.83. The van der Waals surface area contributed by atoms with Gasteiger partial charge in [-0.1, -0.05) is 72.8 Å². The molecule has 208 valence electrons. The molecule has 0 aliphatic heterocycles. The molecule has 0 spiro atoms. The summed E-state index contributed by atoms with van der Waals surface area (Å²) in [5.74, 6) is 1.17. The number of ether oxygens (including phenoxy) is 4. The predicted octanol–water partition coefficient (Wildman–Crippen LogP) is 6.85. The van der Waals surface area contributed by atoms with Crippen LogP contribution in [0.15, 0.2) is 102 Å². The van der Waals surface area contributed by atoms with Crippen LogP contribution in [-0.2, 0) is 22.6 Å². The Morgan fingerprint density at radius 3 is 1.75 bits per heavy atom. The van der Waals surface area contributed by atoms with E-state index in [0.717, 1.165) is 32.5 Å². The van der Waals surface area contributed by atoms with Crippen molar-refractivity contribution >= 4 is 21.9 Å². The van der Waals surface area contributed by atoms with Crippen LogP contribution in [0, 0.1) is 0 Å². The minimum absolute atomic E-state index is 0.346. The highest BCUT2D eigenvalue weighted by Crippen LogP contribution is 2.43. The first kappa shape index (κ1) is 29.2. The molecule has 0 fully saturated rings. The number of hydrogen-bond donors (Lipinski definition) is 0. The lowest BCUT2D eigenvalue weighted by molar-refractivity contribution is -0.148. The van der Waals surface area contributed by atoms with E-state index in [1.807, 2.05) is 72.8 Å². The van der Waals surface area contributed by atoms with Gasteiger partial charge in [0.05, 0.1) is 32.9 Å². The van der Waals surface area contributed by atoms with Gasteiger partial charge in [0, 0.05) is 30.6 Å². The molecule has 0 aliphatic carbocycles. The Hall–Kier alpha value is -3.81. The Bertz CT molecular complexity index is 1340. The van der Waals surface area contributed by atoms with E-state index >= 15 is 0 Å². The van der Waals surface area contributed by atoms with Gasteiger partial charge in [-0.05, 0) is 50.8 Å². The SMILES string of the molecule is COC(=O)[C@H]([C@@H](c1ccc(OC)cc1)c1cc(Br)c(OC)cc1OC)N(Cc1ccccc1)Cc1ccccc1. The second-order valence-electron chi connectivity index (χ2n) is 9.32. The monoisotopic (exact) mass is 603 g/mol. The molecule has 0 bridgehead atoms. The molecule has 0 heterocycles. The summed E-state index contributed by atoms with van der Waals surface area (Å²) >= 11 is 3.65. The summed E-state index contributed by atoms with van der Waals surface area (Å²) in [6.07, 6.45) is 0. The molecule has 0 saturated carbocycles. The largest absolute Gasteiger partial charge is 0.497 e. The van der Waals surface area contributed by atoms with Crippen molar-refractivity contribution in [2.24, 2.45) is 0 Å². The number of nitrogens with zero attached hydrogens (tertiary/aromatic N) is 1. The highest BCUT2D eigenvalue weighted by Gasteiger charge is 2.39. The van der Waals surface area contributed by atoms with Crippen molar-refractivity contribution in [1.82, 2.24) is 4.90 Å². The van der Waals surface area contributed by atoms with Crippen LogP contribution in [0.4, 0.5) is 0 Å². The normalized spacial score (nSPS) is 12.4. The lowest BCUT2D eigenvalue weighted by Crippen LogP contribution is -2.45. The molecule has 7 heteroatoms. The number of rotatable bonds is 12. The number of halogens is 1. The van der Waals surface area contributed by atoms with Gasteiger partial charge < -0.3 is 18.9 Å². The number of hydrogen-bond acceptors (Lipinski definition) is 6. The number of benzene rings is 4. The van der Waals surface area contributed by atoms with Crippen LogP contribution >= 0.6 is 15.9 Å². The Labute approximate surface area is 244 Å². The van der Waals surface area contributed by atoms with E-state index in [0.29, 0.717) is 24.6 Å². The number of esters is 1. The molecule has 4 aromatic carbocycles. The maximum absolute atomic E-state index is 13.9. The van der Waals surface area contributed by atoms with Gasteiger partial charge in [0.25, 0.3) is 0 Å². The van der Waals surface area contributed by atoms with Gasteiger partial charge >= 0.3 is 5.97 Å². The molecule has 0 radical (unpaired) electrons. The maximum Gasteiger partial charge on any atom is 0.324 e. The summed E-state index contributed by atoms with van der Waals surface area (Å²) in [5.41, 5.74) is 3.91. The summed E-state index contributed by atoms with van der Waals surface area (Å²) in [6.45, 7) is 1.06.